The van der Waals surface area contributed by atoms with Crippen molar-refractivity contribution in [3.8, 4) is 0 Å². The molecule has 2 N–H and O–H groups in total. The standard InChI is InChI=1S/C12H13FO3/c13-10(11(14)15)12(16)6-5-8-3-1-2-4-9(8)7-12/h1-4,10,16H,5-7H2,(H,14,15). The number of aryl methyl sites for hydroxylation is 1. The average molecular weight is 224 g/mol. The highest BCUT2D eigenvalue weighted by Gasteiger charge is 2.44. The molecular weight excluding hydrogens is 211 g/mol. The molecule has 1 aromatic carbocycles. The molecule has 3 nitrogen and oxygen atoms in total. The molecule has 0 saturated heterocycles. The normalized spacial score (nSPS) is 25.9. The molecule has 0 aromatic heterocycles. The number of rotatable bonds is 2. The summed E-state index contributed by atoms with van der Waals surface area (Å²) < 4.78 is 13.4. The van der Waals surface area contributed by atoms with E-state index in [9.17, 15) is 14.3 Å². The zero-order valence-corrected chi connectivity index (χ0v) is 8.69. The van der Waals surface area contributed by atoms with E-state index < -0.39 is 17.7 Å². The number of carboxylic acid groups (broad SMARTS) is 1. The van der Waals surface area contributed by atoms with Gasteiger partial charge in [-0.1, -0.05) is 24.3 Å². The first-order chi connectivity index (χ1) is 7.53. The van der Waals surface area contributed by atoms with E-state index in [-0.39, 0.29) is 12.8 Å². The highest BCUT2D eigenvalue weighted by Crippen LogP contribution is 2.32. The van der Waals surface area contributed by atoms with E-state index in [1.807, 2.05) is 12.1 Å². The van der Waals surface area contributed by atoms with Crippen molar-refractivity contribution < 1.29 is 19.4 Å². The molecule has 16 heavy (non-hydrogen) atoms. The van der Waals surface area contributed by atoms with Crippen molar-refractivity contribution in [2.45, 2.75) is 31.0 Å². The smallest absolute Gasteiger partial charge is 0.341 e. The van der Waals surface area contributed by atoms with E-state index >= 15 is 0 Å². The number of halogens is 1. The Morgan fingerprint density at radius 2 is 2.00 bits per heavy atom. The fourth-order valence-electron chi connectivity index (χ4n) is 2.19. The Bertz CT molecular complexity index is 418. The van der Waals surface area contributed by atoms with E-state index in [1.165, 1.54) is 0 Å². The molecule has 0 spiro atoms. The zero-order valence-electron chi connectivity index (χ0n) is 8.69. The molecule has 2 atom stereocenters. The van der Waals surface area contributed by atoms with Crippen LogP contribution in [0.1, 0.15) is 17.5 Å². The van der Waals surface area contributed by atoms with E-state index in [0.717, 1.165) is 11.1 Å². The van der Waals surface area contributed by atoms with Crippen LogP contribution in [0.4, 0.5) is 4.39 Å². The Morgan fingerprint density at radius 3 is 2.62 bits per heavy atom. The molecule has 1 aromatic rings. The van der Waals surface area contributed by atoms with Crippen LogP contribution in [-0.2, 0) is 17.6 Å². The van der Waals surface area contributed by atoms with Crippen LogP contribution in [0.5, 0.6) is 0 Å². The lowest BCUT2D eigenvalue weighted by Crippen LogP contribution is -2.48. The van der Waals surface area contributed by atoms with Crippen LogP contribution in [0.2, 0.25) is 0 Å². The first kappa shape index (κ1) is 11.1. The highest BCUT2D eigenvalue weighted by molar-refractivity contribution is 5.74. The van der Waals surface area contributed by atoms with Crippen LogP contribution in [0, 0.1) is 0 Å². The van der Waals surface area contributed by atoms with Gasteiger partial charge in [0.15, 0.2) is 0 Å². The molecule has 86 valence electrons. The molecule has 4 heteroatoms. The molecule has 2 rings (SSSR count). The number of alkyl halides is 1. The minimum Gasteiger partial charge on any atom is -0.479 e. The van der Waals surface area contributed by atoms with Gasteiger partial charge in [-0.2, -0.15) is 0 Å². The van der Waals surface area contributed by atoms with Crippen molar-refractivity contribution in [3.05, 3.63) is 35.4 Å². The van der Waals surface area contributed by atoms with Crippen molar-refractivity contribution in [1.82, 2.24) is 0 Å². The second-order valence-electron chi connectivity index (χ2n) is 4.25. The maximum Gasteiger partial charge on any atom is 0.341 e. The molecule has 0 bridgehead atoms. The molecule has 0 radical (unpaired) electrons. The summed E-state index contributed by atoms with van der Waals surface area (Å²) >= 11 is 0. The Morgan fingerprint density at radius 1 is 1.38 bits per heavy atom. The maximum atomic E-state index is 13.4. The molecule has 0 heterocycles. The van der Waals surface area contributed by atoms with Crippen molar-refractivity contribution in [2.75, 3.05) is 0 Å². The average Bonchev–Trinajstić information content (AvgIpc) is 2.27. The second-order valence-corrected chi connectivity index (χ2v) is 4.25. The van der Waals surface area contributed by atoms with E-state index in [0.29, 0.717) is 6.42 Å². The van der Waals surface area contributed by atoms with Crippen molar-refractivity contribution in [3.63, 3.8) is 0 Å². The molecule has 1 aliphatic rings. The third-order valence-electron chi connectivity index (χ3n) is 3.13. The number of aliphatic carboxylic acids is 1. The molecule has 0 aliphatic heterocycles. The Kier molecular flexibility index (Phi) is 2.68. The monoisotopic (exact) mass is 224 g/mol. The first-order valence-corrected chi connectivity index (χ1v) is 5.19. The quantitative estimate of drug-likeness (QED) is 0.796. The second kappa shape index (κ2) is 3.87. The van der Waals surface area contributed by atoms with E-state index in [4.69, 9.17) is 5.11 Å². The molecule has 2 unspecified atom stereocenters. The predicted octanol–water partition coefficient (Wildman–Crippen LogP) is 1.33. The lowest BCUT2D eigenvalue weighted by molar-refractivity contribution is -0.155. The highest BCUT2D eigenvalue weighted by atomic mass is 19.1. The topological polar surface area (TPSA) is 57.5 Å². The minimum absolute atomic E-state index is 0.0661. The largest absolute Gasteiger partial charge is 0.479 e. The van der Waals surface area contributed by atoms with Gasteiger partial charge >= 0.3 is 5.97 Å². The number of benzene rings is 1. The Labute approximate surface area is 92.5 Å². The van der Waals surface area contributed by atoms with Crippen molar-refractivity contribution >= 4 is 5.97 Å². The predicted molar refractivity (Wildman–Crippen MR) is 55.9 cm³/mol. The van der Waals surface area contributed by atoms with Gasteiger partial charge in [0.1, 0.15) is 5.60 Å². The van der Waals surface area contributed by atoms with Gasteiger partial charge in [-0.05, 0) is 24.0 Å². The molecule has 0 saturated carbocycles. The summed E-state index contributed by atoms with van der Waals surface area (Å²) in [5.41, 5.74) is 0.130. The van der Waals surface area contributed by atoms with Crippen LogP contribution in [0.15, 0.2) is 24.3 Å². The number of aliphatic hydroxyl groups is 1. The SMILES string of the molecule is O=C(O)C(F)C1(O)CCc2ccccc2C1. The fourth-order valence-corrected chi connectivity index (χ4v) is 2.19. The molecule has 1 aliphatic carbocycles. The lowest BCUT2D eigenvalue weighted by atomic mass is 9.78. The van der Waals surface area contributed by atoms with Crippen LogP contribution in [0.25, 0.3) is 0 Å². The van der Waals surface area contributed by atoms with Gasteiger partial charge < -0.3 is 10.2 Å². The van der Waals surface area contributed by atoms with Gasteiger partial charge in [0.25, 0.3) is 0 Å². The van der Waals surface area contributed by atoms with Gasteiger partial charge in [0.05, 0.1) is 0 Å². The Hall–Kier alpha value is -1.42. The van der Waals surface area contributed by atoms with Crippen LogP contribution < -0.4 is 0 Å². The van der Waals surface area contributed by atoms with Crippen LogP contribution in [-0.4, -0.2) is 28.0 Å². The van der Waals surface area contributed by atoms with Crippen molar-refractivity contribution in [1.29, 1.82) is 0 Å². The number of hydrogen-bond acceptors (Lipinski definition) is 2. The van der Waals surface area contributed by atoms with Crippen LogP contribution in [0.3, 0.4) is 0 Å². The third kappa shape index (κ3) is 1.80. The molecule has 0 amide bonds. The third-order valence-corrected chi connectivity index (χ3v) is 3.13. The van der Waals surface area contributed by atoms with E-state index in [2.05, 4.69) is 0 Å². The number of hydrogen-bond donors (Lipinski definition) is 2. The summed E-state index contributed by atoms with van der Waals surface area (Å²) in [4.78, 5) is 10.6. The van der Waals surface area contributed by atoms with E-state index in [1.54, 1.807) is 12.1 Å². The van der Waals surface area contributed by atoms with Gasteiger partial charge in [-0.25, -0.2) is 9.18 Å². The minimum atomic E-state index is -2.22. The molecule has 0 fully saturated rings. The fraction of sp³-hybridized carbons (Fsp3) is 0.417. The van der Waals surface area contributed by atoms with Crippen molar-refractivity contribution in [2.24, 2.45) is 0 Å². The van der Waals surface area contributed by atoms with Crippen LogP contribution >= 0.6 is 0 Å². The number of carboxylic acids is 1. The summed E-state index contributed by atoms with van der Waals surface area (Å²) in [7, 11) is 0. The first-order valence-electron chi connectivity index (χ1n) is 5.19. The summed E-state index contributed by atoms with van der Waals surface area (Å²) in [5, 5.41) is 18.6. The Balaban J connectivity index is 2.27. The summed E-state index contributed by atoms with van der Waals surface area (Å²) in [5.74, 6) is -1.60. The number of fused-ring (bicyclic) bond motifs is 1. The van der Waals surface area contributed by atoms with Gasteiger partial charge in [-0.15, -0.1) is 0 Å². The lowest BCUT2D eigenvalue weighted by Gasteiger charge is -2.34. The zero-order chi connectivity index (χ0) is 11.8. The number of carbonyl (C=O) groups is 1. The molecular formula is C12H13FO3. The summed E-state index contributed by atoms with van der Waals surface area (Å²) in [6, 6.07) is 7.41. The van der Waals surface area contributed by atoms with Gasteiger partial charge in [0, 0.05) is 6.42 Å². The summed E-state index contributed by atoms with van der Waals surface area (Å²) in [6.45, 7) is 0. The van der Waals surface area contributed by atoms with Gasteiger partial charge in [-0.3, -0.25) is 0 Å². The maximum absolute atomic E-state index is 13.4. The summed E-state index contributed by atoms with van der Waals surface area (Å²) in [6.07, 6.45) is -1.49. The van der Waals surface area contributed by atoms with Gasteiger partial charge in [0.2, 0.25) is 6.17 Å².